The van der Waals surface area contributed by atoms with Gasteiger partial charge in [0.25, 0.3) is 0 Å². The molecule has 0 bridgehead atoms. The van der Waals surface area contributed by atoms with Gasteiger partial charge in [-0.2, -0.15) is 0 Å². The Morgan fingerprint density at radius 3 is 2.21 bits per heavy atom. The molecule has 222 valence electrons. The fourth-order valence-electron chi connectivity index (χ4n) is 5.94. The van der Waals surface area contributed by atoms with Crippen molar-refractivity contribution in [3.63, 3.8) is 0 Å². The smallest absolute Gasteiger partial charge is 0.334 e. The number of hydrogen-bond acceptors (Lipinski definition) is 7. The largest absolute Gasteiger partial charge is 0.481 e. The molecule has 2 rings (SSSR count). The summed E-state index contributed by atoms with van der Waals surface area (Å²) in [6.07, 6.45) is 8.51. The molecule has 1 aliphatic carbocycles. The zero-order valence-electron chi connectivity index (χ0n) is 23.6. The molecule has 11 heteroatoms. The number of carboxylic acid groups (broad SMARTS) is 2. The number of nitrogens with one attached hydrogen (secondary N) is 1. The lowest BCUT2D eigenvalue weighted by Crippen LogP contribution is -2.58. The summed E-state index contributed by atoms with van der Waals surface area (Å²) in [5, 5.41) is 22.5. The van der Waals surface area contributed by atoms with Crippen LogP contribution in [0.5, 0.6) is 0 Å². The molecule has 5 N–H and O–H groups in total. The van der Waals surface area contributed by atoms with E-state index >= 15 is 0 Å². The molecule has 3 atom stereocenters. The molecule has 0 radical (unpaired) electrons. The van der Waals surface area contributed by atoms with Crippen molar-refractivity contribution < 1.29 is 34.2 Å². The Kier molecular flexibility index (Phi) is 13.9. The normalized spacial score (nSPS) is 19.1. The Hall–Kier alpha value is -2.53. The van der Waals surface area contributed by atoms with Gasteiger partial charge in [-0.3, -0.25) is 19.2 Å². The summed E-state index contributed by atoms with van der Waals surface area (Å²) in [4.78, 5) is 65.5. The fourth-order valence-corrected chi connectivity index (χ4v) is 5.94. The van der Waals surface area contributed by atoms with E-state index in [9.17, 15) is 29.1 Å². The monoisotopic (exact) mass is 552 g/mol. The average Bonchev–Trinajstić information content (AvgIpc) is 2.91. The van der Waals surface area contributed by atoms with Gasteiger partial charge in [0, 0.05) is 19.5 Å². The van der Waals surface area contributed by atoms with E-state index in [1.165, 1.54) is 4.90 Å². The van der Waals surface area contributed by atoms with Crippen LogP contribution in [0.25, 0.3) is 0 Å². The van der Waals surface area contributed by atoms with Crippen molar-refractivity contribution in [2.45, 2.75) is 96.6 Å². The highest BCUT2D eigenvalue weighted by Gasteiger charge is 2.40. The van der Waals surface area contributed by atoms with Crippen LogP contribution < -0.4 is 11.1 Å². The molecule has 3 unspecified atom stereocenters. The number of carbonyl (C=O) groups is 5. The maximum atomic E-state index is 13.4. The van der Waals surface area contributed by atoms with E-state index in [1.807, 2.05) is 6.92 Å². The van der Waals surface area contributed by atoms with Gasteiger partial charge >= 0.3 is 11.9 Å². The van der Waals surface area contributed by atoms with Crippen LogP contribution in [0, 0.1) is 17.8 Å². The molecule has 0 aromatic carbocycles. The molecule has 1 heterocycles. The number of carbonyl (C=O) groups excluding carboxylic acids is 3. The van der Waals surface area contributed by atoms with Crippen LogP contribution >= 0.6 is 0 Å². The lowest BCUT2D eigenvalue weighted by Gasteiger charge is -2.36. The Balaban J connectivity index is 2.13. The molecule has 1 saturated heterocycles. The van der Waals surface area contributed by atoms with Gasteiger partial charge in [-0.1, -0.05) is 39.0 Å². The minimum Gasteiger partial charge on any atom is -0.481 e. The Labute approximate surface area is 231 Å². The summed E-state index contributed by atoms with van der Waals surface area (Å²) >= 11 is 0. The van der Waals surface area contributed by atoms with Gasteiger partial charge in [-0.25, -0.2) is 4.79 Å². The Morgan fingerprint density at radius 1 is 1.00 bits per heavy atom. The molecular weight excluding hydrogens is 504 g/mol. The van der Waals surface area contributed by atoms with Gasteiger partial charge in [0.05, 0.1) is 19.0 Å². The number of hydrogen-bond donors (Lipinski definition) is 4. The summed E-state index contributed by atoms with van der Waals surface area (Å²) in [5.74, 6) is -3.95. The number of ketones is 1. The first-order chi connectivity index (χ1) is 18.5. The van der Waals surface area contributed by atoms with Crippen molar-refractivity contribution in [2.24, 2.45) is 23.5 Å². The second-order valence-electron chi connectivity index (χ2n) is 11.3. The molecule has 1 aliphatic heterocycles. The van der Waals surface area contributed by atoms with Crippen molar-refractivity contribution in [3.05, 3.63) is 0 Å². The third-order valence-corrected chi connectivity index (χ3v) is 8.33. The zero-order valence-corrected chi connectivity index (χ0v) is 23.6. The molecule has 0 aromatic rings. The summed E-state index contributed by atoms with van der Waals surface area (Å²) in [6, 6.07) is -3.32. The minimum atomic E-state index is -1.85. The lowest BCUT2D eigenvalue weighted by atomic mass is 9.80. The Morgan fingerprint density at radius 2 is 1.64 bits per heavy atom. The molecule has 39 heavy (non-hydrogen) atoms. The van der Waals surface area contributed by atoms with Gasteiger partial charge in [-0.05, 0) is 63.5 Å². The molecule has 11 nitrogen and oxygen atoms in total. The van der Waals surface area contributed by atoms with Crippen LogP contribution in [-0.2, 0) is 24.0 Å². The van der Waals surface area contributed by atoms with Gasteiger partial charge < -0.3 is 31.1 Å². The first-order valence-electron chi connectivity index (χ1n) is 14.6. The highest BCUT2D eigenvalue weighted by Crippen LogP contribution is 2.31. The third-order valence-electron chi connectivity index (χ3n) is 8.33. The second kappa shape index (κ2) is 16.5. The standard InChI is InChI=1S/C28H48N4O7/c1-3-31(24(34)11-7-8-20-12-14-30-15-13-20)18-23(33)26(28(38)39)32(27(37)22(29)16-25(35)36)17-19(2)21-9-5-4-6-10-21/h19-22,26,30H,3-18,29H2,1-2H3,(H,35,36)(H,38,39). The van der Waals surface area contributed by atoms with Crippen LogP contribution in [0.3, 0.4) is 0 Å². The van der Waals surface area contributed by atoms with Crippen molar-refractivity contribution >= 4 is 29.5 Å². The summed E-state index contributed by atoms with van der Waals surface area (Å²) in [6.45, 7) is 5.39. The average molecular weight is 553 g/mol. The van der Waals surface area contributed by atoms with Gasteiger partial charge in [0.1, 0.15) is 0 Å². The van der Waals surface area contributed by atoms with E-state index in [-0.39, 0.29) is 37.3 Å². The number of amides is 2. The predicted octanol–water partition coefficient (Wildman–Crippen LogP) is 1.87. The van der Waals surface area contributed by atoms with Crippen LogP contribution in [-0.4, -0.2) is 94.4 Å². The van der Waals surface area contributed by atoms with Gasteiger partial charge in [0.15, 0.2) is 11.8 Å². The molecule has 0 spiro atoms. The molecule has 2 aliphatic rings. The third kappa shape index (κ3) is 10.5. The SMILES string of the molecule is CCN(CC(=O)C(C(=O)O)N(CC(C)C1CCCCC1)C(=O)C(N)CC(=O)O)C(=O)CCCC1CCNCC1. The number of carboxylic acids is 2. The number of piperidine rings is 1. The Bertz CT molecular complexity index is 840. The summed E-state index contributed by atoms with van der Waals surface area (Å²) in [5.41, 5.74) is 5.86. The van der Waals surface area contributed by atoms with Crippen LogP contribution in [0.4, 0.5) is 0 Å². The van der Waals surface area contributed by atoms with E-state index < -0.39 is 48.7 Å². The van der Waals surface area contributed by atoms with Crippen LogP contribution in [0.15, 0.2) is 0 Å². The zero-order chi connectivity index (χ0) is 28.9. The summed E-state index contributed by atoms with van der Waals surface area (Å²) < 4.78 is 0. The first kappa shape index (κ1) is 32.7. The number of aliphatic carboxylic acids is 2. The fraction of sp³-hybridized carbons (Fsp3) is 0.821. The van der Waals surface area contributed by atoms with Crippen molar-refractivity contribution in [2.75, 3.05) is 32.7 Å². The molecular formula is C28H48N4O7. The van der Waals surface area contributed by atoms with E-state index in [2.05, 4.69) is 5.32 Å². The van der Waals surface area contributed by atoms with Crippen molar-refractivity contribution in [1.29, 1.82) is 0 Å². The van der Waals surface area contributed by atoms with Gasteiger partial charge in [-0.15, -0.1) is 0 Å². The van der Waals surface area contributed by atoms with E-state index in [4.69, 9.17) is 10.8 Å². The number of rotatable bonds is 16. The van der Waals surface area contributed by atoms with Gasteiger partial charge in [0.2, 0.25) is 11.8 Å². The van der Waals surface area contributed by atoms with Crippen LogP contribution in [0.2, 0.25) is 0 Å². The topological polar surface area (TPSA) is 170 Å². The second-order valence-corrected chi connectivity index (χ2v) is 11.3. The van der Waals surface area contributed by atoms with Crippen molar-refractivity contribution in [3.8, 4) is 0 Å². The van der Waals surface area contributed by atoms with E-state index in [0.717, 1.165) is 69.4 Å². The highest BCUT2D eigenvalue weighted by atomic mass is 16.4. The maximum Gasteiger partial charge on any atom is 0.334 e. The lowest BCUT2D eigenvalue weighted by molar-refractivity contribution is -0.157. The predicted molar refractivity (Wildman–Crippen MR) is 146 cm³/mol. The maximum absolute atomic E-state index is 13.4. The minimum absolute atomic E-state index is 0.0180. The quantitative estimate of drug-likeness (QED) is 0.209. The summed E-state index contributed by atoms with van der Waals surface area (Å²) in [7, 11) is 0. The molecule has 2 fully saturated rings. The molecule has 0 aromatic heterocycles. The van der Waals surface area contributed by atoms with Crippen LogP contribution in [0.1, 0.15) is 84.5 Å². The molecule has 1 saturated carbocycles. The van der Waals surface area contributed by atoms with E-state index in [1.54, 1.807) is 6.92 Å². The number of Topliss-reactive ketones (excluding diaryl/α,β-unsaturated/α-hetero) is 1. The molecule has 2 amide bonds. The number of likely N-dealkylation sites (N-methyl/N-ethyl adjacent to an activating group) is 1. The first-order valence-corrected chi connectivity index (χ1v) is 14.6. The number of nitrogens with two attached hydrogens (primary N) is 1. The van der Waals surface area contributed by atoms with E-state index in [0.29, 0.717) is 12.3 Å². The van der Waals surface area contributed by atoms with Crippen molar-refractivity contribution in [1.82, 2.24) is 15.1 Å². The highest BCUT2D eigenvalue weighted by molar-refractivity contribution is 6.07. The number of nitrogens with zero attached hydrogens (tertiary/aromatic N) is 2.